The number of aromatic nitrogens is 4. The van der Waals surface area contributed by atoms with Crippen LogP contribution in [-0.2, 0) is 5.60 Å². The number of hydrogen-bond donors (Lipinski definition) is 2. The molecular formula is C19H21N5O2. The summed E-state index contributed by atoms with van der Waals surface area (Å²) >= 11 is 0. The fourth-order valence-corrected chi connectivity index (χ4v) is 4.77. The van der Waals surface area contributed by atoms with Crippen LogP contribution in [0.3, 0.4) is 0 Å². The van der Waals surface area contributed by atoms with E-state index < -0.39 is 5.60 Å². The minimum absolute atomic E-state index is 0.227. The summed E-state index contributed by atoms with van der Waals surface area (Å²) in [6.07, 6.45) is 6.62. The lowest BCUT2D eigenvalue weighted by atomic mass is 9.80. The zero-order valence-corrected chi connectivity index (χ0v) is 14.6. The highest BCUT2D eigenvalue weighted by atomic mass is 16.5. The van der Waals surface area contributed by atoms with Crippen molar-refractivity contribution in [2.45, 2.75) is 43.4 Å². The minimum Gasteiger partial charge on any atom is -0.496 e. The molecule has 0 radical (unpaired) electrons. The first-order chi connectivity index (χ1) is 12.7. The van der Waals surface area contributed by atoms with Gasteiger partial charge >= 0.3 is 0 Å². The van der Waals surface area contributed by atoms with Gasteiger partial charge in [0.1, 0.15) is 17.6 Å². The fourth-order valence-electron chi connectivity index (χ4n) is 4.77. The molecule has 3 aromatic rings. The number of ether oxygens (including phenoxy) is 1. The highest BCUT2D eigenvalue weighted by molar-refractivity contribution is 5.83. The van der Waals surface area contributed by atoms with E-state index in [1.807, 2.05) is 24.3 Å². The van der Waals surface area contributed by atoms with Crippen LogP contribution in [0.5, 0.6) is 5.75 Å². The second-order valence-corrected chi connectivity index (χ2v) is 7.23. The van der Waals surface area contributed by atoms with Crippen LogP contribution in [0.2, 0.25) is 0 Å². The van der Waals surface area contributed by atoms with Gasteiger partial charge in [-0.15, -0.1) is 0 Å². The number of methoxy groups -OCH3 is 1. The van der Waals surface area contributed by atoms with Crippen molar-refractivity contribution in [3.8, 4) is 5.75 Å². The van der Waals surface area contributed by atoms with Gasteiger partial charge in [0, 0.05) is 30.5 Å². The van der Waals surface area contributed by atoms with E-state index in [2.05, 4.69) is 24.8 Å². The van der Waals surface area contributed by atoms with Crippen molar-refractivity contribution in [2.75, 3.05) is 12.0 Å². The number of benzene rings is 1. The smallest absolute Gasteiger partial charge is 0.182 e. The van der Waals surface area contributed by atoms with Gasteiger partial charge in [0.25, 0.3) is 0 Å². The van der Waals surface area contributed by atoms with Crippen molar-refractivity contribution in [3.63, 3.8) is 0 Å². The van der Waals surface area contributed by atoms with Gasteiger partial charge in [-0.2, -0.15) is 0 Å². The van der Waals surface area contributed by atoms with Crippen LogP contribution in [0.15, 0.2) is 36.9 Å². The lowest BCUT2D eigenvalue weighted by molar-refractivity contribution is -0.00503. The summed E-state index contributed by atoms with van der Waals surface area (Å²) in [6.45, 7) is 0. The number of imidazole rings is 1. The molecular weight excluding hydrogens is 330 g/mol. The minimum atomic E-state index is -0.880. The molecule has 0 aliphatic carbocycles. The fraction of sp³-hybridized carbons (Fsp3) is 0.421. The third-order valence-corrected chi connectivity index (χ3v) is 5.82. The molecule has 2 N–H and O–H groups in total. The molecule has 4 heterocycles. The number of anilines is 1. The quantitative estimate of drug-likeness (QED) is 0.753. The summed E-state index contributed by atoms with van der Waals surface area (Å²) in [7, 11) is 1.65. The number of nitrogens with one attached hydrogen (secondary N) is 1. The SMILES string of the molecule is COc1ccccc1C1(O)CC2CCC(C1)N2c1ncnc2nc[nH]c12. The second kappa shape index (κ2) is 5.67. The van der Waals surface area contributed by atoms with Gasteiger partial charge in [-0.25, -0.2) is 15.0 Å². The summed E-state index contributed by atoms with van der Waals surface area (Å²) in [5.41, 5.74) is 1.55. The molecule has 26 heavy (non-hydrogen) atoms. The molecule has 0 saturated carbocycles. The first kappa shape index (κ1) is 15.6. The van der Waals surface area contributed by atoms with Crippen molar-refractivity contribution in [1.82, 2.24) is 19.9 Å². The number of nitrogens with zero attached hydrogens (tertiary/aromatic N) is 4. The maximum atomic E-state index is 11.5. The molecule has 2 fully saturated rings. The number of fused-ring (bicyclic) bond motifs is 3. The summed E-state index contributed by atoms with van der Waals surface area (Å²) in [6, 6.07) is 8.25. The maximum absolute atomic E-state index is 11.5. The van der Waals surface area contributed by atoms with Crippen molar-refractivity contribution in [3.05, 3.63) is 42.5 Å². The highest BCUT2D eigenvalue weighted by Crippen LogP contribution is 2.49. The summed E-state index contributed by atoms with van der Waals surface area (Å²) in [4.78, 5) is 18.5. The molecule has 0 spiro atoms. The zero-order valence-electron chi connectivity index (χ0n) is 14.6. The number of aliphatic hydroxyl groups is 1. The average molecular weight is 351 g/mol. The molecule has 7 nitrogen and oxygen atoms in total. The Labute approximate surface area is 151 Å². The molecule has 2 aliphatic heterocycles. The lowest BCUT2D eigenvalue weighted by Gasteiger charge is -2.45. The predicted octanol–water partition coefficient (Wildman–Crippen LogP) is 2.38. The number of hydrogen-bond acceptors (Lipinski definition) is 6. The largest absolute Gasteiger partial charge is 0.496 e. The summed E-state index contributed by atoms with van der Waals surface area (Å²) in [5, 5.41) is 11.5. The van der Waals surface area contributed by atoms with Crippen molar-refractivity contribution < 1.29 is 9.84 Å². The van der Waals surface area contributed by atoms with Crippen LogP contribution in [0.1, 0.15) is 31.2 Å². The van der Waals surface area contributed by atoms with Crippen LogP contribution in [0, 0.1) is 0 Å². The molecule has 2 aromatic heterocycles. The standard InChI is InChI=1S/C19H21N5O2/c1-26-15-5-3-2-4-14(15)19(25)8-12-6-7-13(9-19)24(12)18-16-17(21-10-20-16)22-11-23-18/h2-5,10-13,25H,6-9H2,1H3,(H,20,21,22,23). The first-order valence-corrected chi connectivity index (χ1v) is 8.98. The number of aromatic amines is 1. The van der Waals surface area contributed by atoms with Crippen LogP contribution in [0.4, 0.5) is 5.82 Å². The number of para-hydroxylation sites is 1. The lowest BCUT2D eigenvalue weighted by Crippen LogP contribution is -2.50. The third-order valence-electron chi connectivity index (χ3n) is 5.82. The molecule has 2 saturated heterocycles. The predicted molar refractivity (Wildman–Crippen MR) is 97.1 cm³/mol. The van der Waals surface area contributed by atoms with E-state index in [1.54, 1.807) is 19.8 Å². The molecule has 2 unspecified atom stereocenters. The van der Waals surface area contributed by atoms with Crippen LogP contribution in [-0.4, -0.2) is 44.2 Å². The Hall–Kier alpha value is -2.67. The Balaban J connectivity index is 1.53. The van der Waals surface area contributed by atoms with E-state index in [0.717, 1.165) is 35.5 Å². The molecule has 134 valence electrons. The molecule has 0 amide bonds. The maximum Gasteiger partial charge on any atom is 0.182 e. The number of piperidine rings is 1. The normalized spacial score (nSPS) is 27.8. The van der Waals surface area contributed by atoms with Crippen LogP contribution >= 0.6 is 0 Å². The first-order valence-electron chi connectivity index (χ1n) is 8.98. The number of H-pyrrole nitrogens is 1. The van der Waals surface area contributed by atoms with Gasteiger partial charge in [-0.3, -0.25) is 0 Å². The van der Waals surface area contributed by atoms with Gasteiger partial charge in [-0.05, 0) is 18.9 Å². The van der Waals surface area contributed by atoms with Crippen molar-refractivity contribution in [1.29, 1.82) is 0 Å². The highest BCUT2D eigenvalue weighted by Gasteiger charge is 2.50. The Morgan fingerprint density at radius 2 is 1.92 bits per heavy atom. The molecule has 2 aliphatic rings. The topological polar surface area (TPSA) is 87.2 Å². The molecule has 7 heteroatoms. The van der Waals surface area contributed by atoms with E-state index in [-0.39, 0.29) is 12.1 Å². The average Bonchev–Trinajstić information content (AvgIpc) is 3.25. The Morgan fingerprint density at radius 1 is 1.15 bits per heavy atom. The van der Waals surface area contributed by atoms with Crippen LogP contribution in [0.25, 0.3) is 11.2 Å². The van der Waals surface area contributed by atoms with E-state index in [0.29, 0.717) is 18.5 Å². The van der Waals surface area contributed by atoms with E-state index in [1.165, 1.54) is 0 Å². The van der Waals surface area contributed by atoms with Gasteiger partial charge in [0.05, 0.1) is 19.0 Å². The van der Waals surface area contributed by atoms with Gasteiger partial charge in [0.2, 0.25) is 0 Å². The number of rotatable bonds is 3. The van der Waals surface area contributed by atoms with E-state index >= 15 is 0 Å². The second-order valence-electron chi connectivity index (χ2n) is 7.23. The summed E-state index contributed by atoms with van der Waals surface area (Å²) < 4.78 is 5.51. The monoisotopic (exact) mass is 351 g/mol. The van der Waals surface area contributed by atoms with Crippen LogP contribution < -0.4 is 9.64 Å². The molecule has 2 bridgehead atoms. The van der Waals surface area contributed by atoms with E-state index in [4.69, 9.17) is 4.74 Å². The van der Waals surface area contributed by atoms with Gasteiger partial charge in [-0.1, -0.05) is 18.2 Å². The zero-order chi connectivity index (χ0) is 17.7. The van der Waals surface area contributed by atoms with Crippen molar-refractivity contribution >= 4 is 17.0 Å². The Kier molecular flexibility index (Phi) is 3.40. The molecule has 2 atom stereocenters. The Morgan fingerprint density at radius 3 is 2.69 bits per heavy atom. The Bertz CT molecular complexity index is 942. The summed E-state index contributed by atoms with van der Waals surface area (Å²) in [5.74, 6) is 1.64. The van der Waals surface area contributed by atoms with Crippen molar-refractivity contribution in [2.24, 2.45) is 0 Å². The van der Waals surface area contributed by atoms with Gasteiger partial charge in [0.15, 0.2) is 11.5 Å². The van der Waals surface area contributed by atoms with E-state index in [9.17, 15) is 5.11 Å². The third kappa shape index (κ3) is 2.20. The van der Waals surface area contributed by atoms with Gasteiger partial charge < -0.3 is 19.7 Å². The molecule has 5 rings (SSSR count). The molecule has 1 aromatic carbocycles.